The summed E-state index contributed by atoms with van der Waals surface area (Å²) in [4.78, 5) is 12.2. The highest BCUT2D eigenvalue weighted by Gasteiger charge is 2.13. The van der Waals surface area contributed by atoms with Crippen molar-refractivity contribution in [2.24, 2.45) is 4.99 Å². The van der Waals surface area contributed by atoms with Crippen molar-refractivity contribution >= 4 is 29.9 Å². The third-order valence-corrected chi connectivity index (χ3v) is 5.97. The van der Waals surface area contributed by atoms with Crippen molar-refractivity contribution in [1.29, 1.82) is 0 Å². The Morgan fingerprint density at radius 3 is 2.48 bits per heavy atom. The van der Waals surface area contributed by atoms with Crippen molar-refractivity contribution in [2.75, 3.05) is 66.5 Å². The zero-order valence-electron chi connectivity index (χ0n) is 20.1. The molecule has 0 radical (unpaired) electrons. The first kappa shape index (κ1) is 28.1. The summed E-state index contributed by atoms with van der Waals surface area (Å²) in [6, 6.07) is 11.2. The first-order valence-electron chi connectivity index (χ1n) is 11.8. The Bertz CT molecular complexity index is 589. The highest BCUT2D eigenvalue weighted by atomic mass is 127. The molecule has 0 aromatic heterocycles. The van der Waals surface area contributed by atoms with Gasteiger partial charge < -0.3 is 20.4 Å². The van der Waals surface area contributed by atoms with Crippen LogP contribution in [0.3, 0.4) is 0 Å². The fourth-order valence-electron chi connectivity index (χ4n) is 3.70. The van der Waals surface area contributed by atoms with Crippen LogP contribution in [0.1, 0.15) is 38.7 Å². The number of aliphatic imine (C=N–C) groups is 1. The molecule has 0 saturated carbocycles. The van der Waals surface area contributed by atoms with E-state index in [1.165, 1.54) is 44.7 Å². The zero-order chi connectivity index (χ0) is 21.6. The third-order valence-electron chi connectivity index (χ3n) is 5.97. The minimum Gasteiger partial charge on any atom is -0.357 e. The first-order chi connectivity index (χ1) is 14.6. The lowest BCUT2D eigenvalue weighted by atomic mass is 10.1. The molecular formula is C24H45IN6. The van der Waals surface area contributed by atoms with E-state index in [2.05, 4.69) is 83.6 Å². The molecule has 1 fully saturated rings. The molecule has 178 valence electrons. The number of halogens is 1. The second-order valence-corrected chi connectivity index (χ2v) is 8.58. The van der Waals surface area contributed by atoms with Crippen LogP contribution in [0.4, 0.5) is 0 Å². The molecule has 0 aliphatic carbocycles. The third kappa shape index (κ3) is 12.1. The van der Waals surface area contributed by atoms with Crippen LogP contribution in [0.15, 0.2) is 35.3 Å². The Labute approximate surface area is 207 Å². The van der Waals surface area contributed by atoms with Gasteiger partial charge in [-0.05, 0) is 59.3 Å². The predicted molar refractivity (Wildman–Crippen MR) is 145 cm³/mol. The van der Waals surface area contributed by atoms with E-state index in [-0.39, 0.29) is 24.0 Å². The molecule has 2 N–H and O–H groups in total. The van der Waals surface area contributed by atoms with Crippen LogP contribution in [0.25, 0.3) is 0 Å². The molecule has 2 rings (SSSR count). The molecule has 1 saturated heterocycles. The van der Waals surface area contributed by atoms with Gasteiger partial charge in [0, 0.05) is 58.4 Å². The van der Waals surface area contributed by atoms with Gasteiger partial charge in [-0.2, -0.15) is 0 Å². The maximum Gasteiger partial charge on any atom is 0.191 e. The standard InChI is InChI=1S/C24H44N6.HI/c1-5-25-24(26-14-9-10-16-30-19-17-28(3)18-20-30)27-15-13-22(2)29(4)21-23-11-7-6-8-12-23;/h6-8,11-12,22H,5,9-10,13-21H2,1-4H3,(H2,25,26,27);1H. The van der Waals surface area contributed by atoms with Crippen molar-refractivity contribution in [3.05, 3.63) is 35.9 Å². The summed E-state index contributed by atoms with van der Waals surface area (Å²) in [6.45, 7) is 14.2. The predicted octanol–water partition coefficient (Wildman–Crippen LogP) is 3.10. The Kier molecular flexibility index (Phi) is 15.2. The molecule has 7 heteroatoms. The average Bonchev–Trinajstić information content (AvgIpc) is 2.75. The van der Waals surface area contributed by atoms with Gasteiger partial charge in [0.05, 0.1) is 0 Å². The lowest BCUT2D eigenvalue weighted by Gasteiger charge is -2.32. The second-order valence-electron chi connectivity index (χ2n) is 8.58. The number of unbranched alkanes of at least 4 members (excludes halogenated alkanes) is 1. The van der Waals surface area contributed by atoms with E-state index in [4.69, 9.17) is 4.99 Å². The smallest absolute Gasteiger partial charge is 0.191 e. The monoisotopic (exact) mass is 544 g/mol. The molecular weight excluding hydrogens is 499 g/mol. The van der Waals surface area contributed by atoms with E-state index in [1.807, 2.05) is 0 Å². The zero-order valence-corrected chi connectivity index (χ0v) is 22.5. The second kappa shape index (κ2) is 16.7. The fourth-order valence-corrected chi connectivity index (χ4v) is 3.70. The summed E-state index contributed by atoms with van der Waals surface area (Å²) in [7, 11) is 4.42. The molecule has 1 atom stereocenters. The number of benzene rings is 1. The molecule has 1 unspecified atom stereocenters. The average molecular weight is 545 g/mol. The van der Waals surface area contributed by atoms with Gasteiger partial charge in [-0.3, -0.25) is 9.89 Å². The molecule has 0 spiro atoms. The first-order valence-corrected chi connectivity index (χ1v) is 11.8. The highest BCUT2D eigenvalue weighted by molar-refractivity contribution is 14.0. The summed E-state index contributed by atoms with van der Waals surface area (Å²) >= 11 is 0. The summed E-state index contributed by atoms with van der Waals surface area (Å²) < 4.78 is 0. The van der Waals surface area contributed by atoms with Crippen molar-refractivity contribution in [2.45, 2.75) is 45.7 Å². The van der Waals surface area contributed by atoms with Crippen LogP contribution >= 0.6 is 24.0 Å². The molecule has 1 aromatic rings. The van der Waals surface area contributed by atoms with Gasteiger partial charge in [0.1, 0.15) is 0 Å². The number of piperazine rings is 1. The van der Waals surface area contributed by atoms with Crippen LogP contribution in [0, 0.1) is 0 Å². The van der Waals surface area contributed by atoms with Gasteiger partial charge in [0.2, 0.25) is 0 Å². The minimum absolute atomic E-state index is 0. The van der Waals surface area contributed by atoms with E-state index >= 15 is 0 Å². The molecule has 0 amide bonds. The van der Waals surface area contributed by atoms with E-state index in [0.29, 0.717) is 6.04 Å². The molecule has 1 aliphatic heterocycles. The van der Waals surface area contributed by atoms with Crippen molar-refractivity contribution in [3.8, 4) is 0 Å². The van der Waals surface area contributed by atoms with Gasteiger partial charge in [0.15, 0.2) is 5.96 Å². The Balaban J connectivity index is 0.00000480. The minimum atomic E-state index is 0. The topological polar surface area (TPSA) is 46.1 Å². The summed E-state index contributed by atoms with van der Waals surface area (Å²) in [6.07, 6.45) is 3.48. The lowest BCUT2D eigenvalue weighted by Crippen LogP contribution is -2.44. The van der Waals surface area contributed by atoms with Crippen LogP contribution in [-0.2, 0) is 6.54 Å². The lowest BCUT2D eigenvalue weighted by molar-refractivity contribution is 0.152. The number of hydrogen-bond donors (Lipinski definition) is 2. The molecule has 0 bridgehead atoms. The van der Waals surface area contributed by atoms with Crippen LogP contribution in [0.5, 0.6) is 0 Å². The largest absolute Gasteiger partial charge is 0.357 e. The van der Waals surface area contributed by atoms with Crippen molar-refractivity contribution < 1.29 is 0 Å². The summed E-state index contributed by atoms with van der Waals surface area (Å²) in [5.74, 6) is 0.954. The summed E-state index contributed by atoms with van der Waals surface area (Å²) in [5.41, 5.74) is 1.37. The summed E-state index contributed by atoms with van der Waals surface area (Å²) in [5, 5.41) is 6.89. The van der Waals surface area contributed by atoms with Gasteiger partial charge in [-0.1, -0.05) is 30.3 Å². The molecule has 1 aliphatic rings. The number of likely N-dealkylation sites (N-methyl/N-ethyl adjacent to an activating group) is 1. The van der Waals surface area contributed by atoms with E-state index in [1.54, 1.807) is 0 Å². The molecule has 6 nitrogen and oxygen atoms in total. The maximum absolute atomic E-state index is 4.77. The Morgan fingerprint density at radius 2 is 1.81 bits per heavy atom. The maximum atomic E-state index is 4.77. The van der Waals surface area contributed by atoms with Crippen molar-refractivity contribution in [1.82, 2.24) is 25.3 Å². The Hall–Kier alpha value is -0.900. The number of nitrogens with one attached hydrogen (secondary N) is 2. The van der Waals surface area contributed by atoms with E-state index < -0.39 is 0 Å². The number of nitrogens with zero attached hydrogens (tertiary/aromatic N) is 4. The number of guanidine groups is 1. The molecule has 1 heterocycles. The van der Waals surface area contributed by atoms with Crippen molar-refractivity contribution in [3.63, 3.8) is 0 Å². The normalized spacial score (nSPS) is 16.7. The molecule has 1 aromatic carbocycles. The van der Waals surface area contributed by atoms with Crippen LogP contribution in [-0.4, -0.2) is 93.2 Å². The van der Waals surface area contributed by atoms with E-state index in [0.717, 1.165) is 45.0 Å². The van der Waals surface area contributed by atoms with Gasteiger partial charge in [-0.15, -0.1) is 24.0 Å². The van der Waals surface area contributed by atoms with Gasteiger partial charge in [0.25, 0.3) is 0 Å². The molecule has 31 heavy (non-hydrogen) atoms. The van der Waals surface area contributed by atoms with E-state index in [9.17, 15) is 0 Å². The SMILES string of the molecule is CCNC(=NCCCCN1CCN(C)CC1)NCCC(C)N(C)Cc1ccccc1.I. The highest BCUT2D eigenvalue weighted by Crippen LogP contribution is 2.08. The van der Waals surface area contributed by atoms with Gasteiger partial charge >= 0.3 is 0 Å². The van der Waals surface area contributed by atoms with Crippen LogP contribution in [0.2, 0.25) is 0 Å². The quantitative estimate of drug-likeness (QED) is 0.183. The fraction of sp³-hybridized carbons (Fsp3) is 0.708. The number of rotatable bonds is 12. The Morgan fingerprint density at radius 1 is 1.10 bits per heavy atom. The number of hydrogen-bond acceptors (Lipinski definition) is 4. The van der Waals surface area contributed by atoms with Gasteiger partial charge in [-0.25, -0.2) is 0 Å². The van der Waals surface area contributed by atoms with Crippen LogP contribution < -0.4 is 10.6 Å².